The molecule has 2 rings (SSSR count). The third-order valence-corrected chi connectivity index (χ3v) is 3.04. The molecule has 0 saturated heterocycles. The molecular weight excluding hydrogens is 190 g/mol. The second-order valence-corrected chi connectivity index (χ2v) is 3.98. The molecule has 0 fully saturated rings. The van der Waals surface area contributed by atoms with Gasteiger partial charge in [-0.15, -0.1) is 0 Å². The molecule has 2 N–H and O–H groups in total. The molecule has 0 aliphatic heterocycles. The second kappa shape index (κ2) is 3.93. The van der Waals surface area contributed by atoms with Gasteiger partial charge in [0.2, 0.25) is 5.91 Å². The van der Waals surface area contributed by atoms with Gasteiger partial charge in [-0.1, -0.05) is 6.07 Å². The number of primary amides is 1. The van der Waals surface area contributed by atoms with Gasteiger partial charge in [0.25, 0.3) is 0 Å². The number of methoxy groups -OCH3 is 1. The summed E-state index contributed by atoms with van der Waals surface area (Å²) in [4.78, 5) is 11.1. The van der Waals surface area contributed by atoms with Gasteiger partial charge in [0, 0.05) is 5.92 Å². The fourth-order valence-corrected chi connectivity index (χ4v) is 2.10. The summed E-state index contributed by atoms with van der Waals surface area (Å²) in [5, 5.41) is 0. The number of benzene rings is 1. The van der Waals surface area contributed by atoms with E-state index in [0.29, 0.717) is 0 Å². The zero-order valence-corrected chi connectivity index (χ0v) is 8.82. The molecule has 1 atom stereocenters. The van der Waals surface area contributed by atoms with Crippen LogP contribution in [0.25, 0.3) is 0 Å². The van der Waals surface area contributed by atoms with Crippen molar-refractivity contribution >= 4 is 5.91 Å². The van der Waals surface area contributed by atoms with Gasteiger partial charge >= 0.3 is 0 Å². The number of carbonyl (C=O) groups is 1. The molecule has 3 heteroatoms. The molecule has 1 aliphatic carbocycles. The summed E-state index contributed by atoms with van der Waals surface area (Å²) in [6, 6.07) is 6.01. The lowest BCUT2D eigenvalue weighted by Gasteiger charge is -2.22. The smallest absolute Gasteiger partial charge is 0.220 e. The minimum Gasteiger partial charge on any atom is -0.497 e. The van der Waals surface area contributed by atoms with Gasteiger partial charge in [-0.25, -0.2) is 0 Å². The third kappa shape index (κ3) is 1.96. The number of carbonyl (C=O) groups excluding carboxylic acids is 1. The molecule has 1 aromatic rings. The Morgan fingerprint density at radius 3 is 2.93 bits per heavy atom. The molecule has 1 amide bonds. The Labute approximate surface area is 89.2 Å². The average molecular weight is 205 g/mol. The summed E-state index contributed by atoms with van der Waals surface area (Å²) in [6.45, 7) is 0. The summed E-state index contributed by atoms with van der Waals surface area (Å²) in [5.41, 5.74) is 7.83. The number of hydrogen-bond donors (Lipinski definition) is 1. The minimum atomic E-state index is -0.184. The molecule has 0 heterocycles. The van der Waals surface area contributed by atoms with Crippen LogP contribution in [0, 0.1) is 5.92 Å². The zero-order chi connectivity index (χ0) is 10.8. The van der Waals surface area contributed by atoms with Crippen LogP contribution in [0.2, 0.25) is 0 Å². The summed E-state index contributed by atoms with van der Waals surface area (Å²) in [7, 11) is 1.66. The Hall–Kier alpha value is -1.51. The fraction of sp³-hybridized carbons (Fsp3) is 0.417. The maximum Gasteiger partial charge on any atom is 0.220 e. The minimum absolute atomic E-state index is 0.00546. The van der Waals surface area contributed by atoms with Crippen LogP contribution in [0.1, 0.15) is 17.5 Å². The second-order valence-electron chi connectivity index (χ2n) is 3.98. The van der Waals surface area contributed by atoms with Crippen LogP contribution in [0.15, 0.2) is 18.2 Å². The number of hydrogen-bond acceptors (Lipinski definition) is 2. The summed E-state index contributed by atoms with van der Waals surface area (Å²) >= 11 is 0. The van der Waals surface area contributed by atoms with Gasteiger partial charge in [0.15, 0.2) is 0 Å². The van der Waals surface area contributed by atoms with E-state index >= 15 is 0 Å². The highest BCUT2D eigenvalue weighted by molar-refractivity contribution is 5.77. The lowest BCUT2D eigenvalue weighted by Crippen LogP contribution is -2.28. The first-order valence-corrected chi connectivity index (χ1v) is 5.16. The molecule has 1 aromatic carbocycles. The first-order chi connectivity index (χ1) is 7.20. The van der Waals surface area contributed by atoms with Gasteiger partial charge in [0.1, 0.15) is 5.75 Å². The Kier molecular flexibility index (Phi) is 2.62. The van der Waals surface area contributed by atoms with Crippen molar-refractivity contribution in [1.82, 2.24) is 0 Å². The number of nitrogens with two attached hydrogens (primary N) is 1. The summed E-state index contributed by atoms with van der Waals surface area (Å²) in [5.74, 6) is 0.702. The number of fused-ring (bicyclic) bond motifs is 1. The molecule has 0 radical (unpaired) electrons. The van der Waals surface area contributed by atoms with E-state index in [2.05, 4.69) is 0 Å². The van der Waals surface area contributed by atoms with Crippen LogP contribution in [-0.2, 0) is 17.6 Å². The molecule has 0 spiro atoms. The van der Waals surface area contributed by atoms with Crippen molar-refractivity contribution in [1.29, 1.82) is 0 Å². The SMILES string of the molecule is COc1ccc2c(c1)CC[C@@H](C(N)=O)C2. The van der Waals surface area contributed by atoms with Gasteiger partial charge in [-0.05, 0) is 42.5 Å². The first-order valence-electron chi connectivity index (χ1n) is 5.16. The van der Waals surface area contributed by atoms with Gasteiger partial charge in [0.05, 0.1) is 7.11 Å². The standard InChI is InChI=1S/C12H15NO2/c1-15-11-5-4-8-6-10(12(13)14)3-2-9(8)7-11/h4-5,7,10H,2-3,6H2,1H3,(H2,13,14)/t10-/m1/s1. The van der Waals surface area contributed by atoms with Crippen LogP contribution in [0.5, 0.6) is 5.75 Å². The number of rotatable bonds is 2. The quantitative estimate of drug-likeness (QED) is 0.790. The van der Waals surface area contributed by atoms with Crippen LogP contribution >= 0.6 is 0 Å². The third-order valence-electron chi connectivity index (χ3n) is 3.04. The van der Waals surface area contributed by atoms with Gasteiger partial charge in [-0.3, -0.25) is 4.79 Å². The van der Waals surface area contributed by atoms with Crippen LogP contribution in [-0.4, -0.2) is 13.0 Å². The Bertz CT molecular complexity index is 387. The van der Waals surface area contributed by atoms with Crippen LogP contribution < -0.4 is 10.5 Å². The summed E-state index contributed by atoms with van der Waals surface area (Å²) in [6.07, 6.45) is 2.55. The van der Waals surface area contributed by atoms with E-state index < -0.39 is 0 Å². The average Bonchev–Trinajstić information content (AvgIpc) is 2.27. The van der Waals surface area contributed by atoms with Crippen molar-refractivity contribution in [3.63, 3.8) is 0 Å². The van der Waals surface area contributed by atoms with Gasteiger partial charge in [-0.2, -0.15) is 0 Å². The van der Waals surface area contributed by atoms with E-state index in [4.69, 9.17) is 10.5 Å². The highest BCUT2D eigenvalue weighted by atomic mass is 16.5. The topological polar surface area (TPSA) is 52.3 Å². The van der Waals surface area contributed by atoms with E-state index in [1.54, 1.807) is 7.11 Å². The van der Waals surface area contributed by atoms with Crippen molar-refractivity contribution in [2.75, 3.05) is 7.11 Å². The molecular formula is C12H15NO2. The van der Waals surface area contributed by atoms with Crippen molar-refractivity contribution in [3.8, 4) is 5.75 Å². The highest BCUT2D eigenvalue weighted by Crippen LogP contribution is 2.28. The van der Waals surface area contributed by atoms with E-state index in [-0.39, 0.29) is 11.8 Å². The maximum atomic E-state index is 11.1. The van der Waals surface area contributed by atoms with Crippen LogP contribution in [0.4, 0.5) is 0 Å². The first kappa shape index (κ1) is 10.0. The van der Waals surface area contributed by atoms with E-state index in [0.717, 1.165) is 25.0 Å². The maximum absolute atomic E-state index is 11.1. The zero-order valence-electron chi connectivity index (χ0n) is 8.82. The van der Waals surface area contributed by atoms with E-state index in [9.17, 15) is 4.79 Å². The lowest BCUT2D eigenvalue weighted by molar-refractivity contribution is -0.122. The van der Waals surface area contributed by atoms with Crippen molar-refractivity contribution in [2.45, 2.75) is 19.3 Å². The molecule has 0 unspecified atom stereocenters. The Morgan fingerprint density at radius 2 is 2.27 bits per heavy atom. The van der Waals surface area contributed by atoms with Crippen molar-refractivity contribution < 1.29 is 9.53 Å². The number of ether oxygens (including phenoxy) is 1. The molecule has 3 nitrogen and oxygen atoms in total. The molecule has 0 bridgehead atoms. The number of amides is 1. The normalized spacial score (nSPS) is 19.4. The van der Waals surface area contributed by atoms with Crippen molar-refractivity contribution in [3.05, 3.63) is 29.3 Å². The van der Waals surface area contributed by atoms with E-state index in [1.165, 1.54) is 11.1 Å². The molecule has 1 aliphatic rings. The van der Waals surface area contributed by atoms with Crippen molar-refractivity contribution in [2.24, 2.45) is 11.7 Å². The predicted molar refractivity (Wildman–Crippen MR) is 57.7 cm³/mol. The molecule has 0 aromatic heterocycles. The molecule has 15 heavy (non-hydrogen) atoms. The lowest BCUT2D eigenvalue weighted by atomic mass is 9.83. The molecule has 0 saturated carbocycles. The number of aryl methyl sites for hydroxylation is 1. The van der Waals surface area contributed by atoms with Crippen LogP contribution in [0.3, 0.4) is 0 Å². The molecule has 80 valence electrons. The fourth-order valence-electron chi connectivity index (χ4n) is 2.10. The summed E-state index contributed by atoms with van der Waals surface area (Å²) < 4.78 is 5.16. The Balaban J connectivity index is 2.24. The predicted octanol–water partition coefficient (Wildman–Crippen LogP) is 1.29. The highest BCUT2D eigenvalue weighted by Gasteiger charge is 2.22. The Morgan fingerprint density at radius 1 is 1.47 bits per heavy atom. The van der Waals surface area contributed by atoms with Gasteiger partial charge < -0.3 is 10.5 Å². The van der Waals surface area contributed by atoms with E-state index in [1.807, 2.05) is 18.2 Å². The monoisotopic (exact) mass is 205 g/mol. The largest absolute Gasteiger partial charge is 0.497 e.